The van der Waals surface area contributed by atoms with Gasteiger partial charge in [0, 0.05) is 22.7 Å². The largest absolute Gasteiger partial charge is 0.497 e. The van der Waals surface area contributed by atoms with Crippen molar-refractivity contribution in [1.29, 1.82) is 0 Å². The molecule has 2 aromatic carbocycles. The van der Waals surface area contributed by atoms with E-state index in [0.29, 0.717) is 17.9 Å². The van der Waals surface area contributed by atoms with Crippen molar-refractivity contribution < 1.29 is 14.6 Å². The Hall–Kier alpha value is -2.75. The number of carbonyl (C=O) groups is 1. The second-order valence-electron chi connectivity index (χ2n) is 6.42. The van der Waals surface area contributed by atoms with E-state index in [1.165, 1.54) is 11.3 Å². The Kier molecular flexibility index (Phi) is 4.79. The molecule has 0 saturated heterocycles. The summed E-state index contributed by atoms with van der Waals surface area (Å²) in [5, 5.41) is 10.4. The molecule has 3 aromatic rings. The van der Waals surface area contributed by atoms with Crippen molar-refractivity contribution in [3.05, 3.63) is 64.8 Å². The fraction of sp³-hybridized carbons (Fsp3) is 0.286. The molecule has 0 spiro atoms. The van der Waals surface area contributed by atoms with E-state index in [9.17, 15) is 9.90 Å². The molecule has 25 heavy (non-hydrogen) atoms. The standard InChI is InChI=1S/C21H23NO3/c1-4-13(2)20-18(11-14-6-5-7-15(10-14)21(23)24)17-9-8-16(25-3)12-19(17)22-20/h5-10,12-13,22H,4,11H2,1-3H3,(H,23,24). The highest BCUT2D eigenvalue weighted by molar-refractivity contribution is 5.88. The minimum absolute atomic E-state index is 0.323. The number of benzene rings is 2. The predicted molar refractivity (Wildman–Crippen MR) is 99.8 cm³/mol. The van der Waals surface area contributed by atoms with Crippen LogP contribution in [0.25, 0.3) is 10.9 Å². The number of ether oxygens (including phenoxy) is 1. The van der Waals surface area contributed by atoms with Gasteiger partial charge in [0.25, 0.3) is 0 Å². The first-order valence-corrected chi connectivity index (χ1v) is 8.54. The third-order valence-electron chi connectivity index (χ3n) is 4.81. The van der Waals surface area contributed by atoms with Crippen LogP contribution < -0.4 is 4.74 Å². The van der Waals surface area contributed by atoms with Gasteiger partial charge in [-0.25, -0.2) is 4.79 Å². The molecule has 2 N–H and O–H groups in total. The fourth-order valence-corrected chi connectivity index (χ4v) is 3.22. The van der Waals surface area contributed by atoms with Gasteiger partial charge in [0.05, 0.1) is 12.7 Å². The molecule has 0 amide bonds. The summed E-state index contributed by atoms with van der Waals surface area (Å²) in [6.07, 6.45) is 1.74. The average Bonchev–Trinajstić information content (AvgIpc) is 2.98. The van der Waals surface area contributed by atoms with Crippen LogP contribution in [-0.4, -0.2) is 23.2 Å². The Bertz CT molecular complexity index is 911. The first kappa shape index (κ1) is 17.1. The quantitative estimate of drug-likeness (QED) is 0.667. The molecule has 1 unspecified atom stereocenters. The smallest absolute Gasteiger partial charge is 0.335 e. The SMILES string of the molecule is CCC(C)c1[nH]c2cc(OC)ccc2c1Cc1cccc(C(=O)O)c1. The highest BCUT2D eigenvalue weighted by Crippen LogP contribution is 2.33. The molecule has 1 heterocycles. The van der Waals surface area contributed by atoms with Gasteiger partial charge in [0.1, 0.15) is 5.75 Å². The van der Waals surface area contributed by atoms with Crippen molar-refractivity contribution in [3.63, 3.8) is 0 Å². The van der Waals surface area contributed by atoms with E-state index in [1.54, 1.807) is 25.3 Å². The third kappa shape index (κ3) is 3.38. The summed E-state index contributed by atoms with van der Waals surface area (Å²) in [6.45, 7) is 4.38. The molecule has 0 aliphatic heterocycles. The predicted octanol–water partition coefficient (Wildman–Crippen LogP) is 4.98. The van der Waals surface area contributed by atoms with Crippen LogP contribution >= 0.6 is 0 Å². The lowest BCUT2D eigenvalue weighted by atomic mass is 9.94. The van der Waals surface area contributed by atoms with Crippen LogP contribution in [0.2, 0.25) is 0 Å². The van der Waals surface area contributed by atoms with Crippen molar-refractivity contribution in [2.45, 2.75) is 32.6 Å². The average molecular weight is 337 g/mol. The topological polar surface area (TPSA) is 62.3 Å². The summed E-state index contributed by atoms with van der Waals surface area (Å²) in [4.78, 5) is 14.8. The highest BCUT2D eigenvalue weighted by Gasteiger charge is 2.17. The van der Waals surface area contributed by atoms with Gasteiger partial charge in [-0.2, -0.15) is 0 Å². The Morgan fingerprint density at radius 2 is 2.04 bits per heavy atom. The van der Waals surface area contributed by atoms with Gasteiger partial charge < -0.3 is 14.8 Å². The van der Waals surface area contributed by atoms with Crippen molar-refractivity contribution in [2.75, 3.05) is 7.11 Å². The minimum atomic E-state index is -0.896. The molecule has 1 atom stereocenters. The molecule has 0 radical (unpaired) electrons. The Morgan fingerprint density at radius 3 is 2.72 bits per heavy atom. The van der Waals surface area contributed by atoms with Crippen LogP contribution in [0.5, 0.6) is 5.75 Å². The van der Waals surface area contributed by atoms with Crippen LogP contribution in [0, 0.1) is 0 Å². The maximum Gasteiger partial charge on any atom is 0.335 e. The summed E-state index contributed by atoms with van der Waals surface area (Å²) >= 11 is 0. The molecule has 0 saturated carbocycles. The lowest BCUT2D eigenvalue weighted by Gasteiger charge is -2.11. The van der Waals surface area contributed by atoms with Crippen LogP contribution in [-0.2, 0) is 6.42 Å². The molecule has 0 fully saturated rings. The molecule has 3 rings (SSSR count). The van der Waals surface area contributed by atoms with Crippen LogP contribution in [0.15, 0.2) is 42.5 Å². The molecular formula is C21H23NO3. The van der Waals surface area contributed by atoms with Gasteiger partial charge in [-0.05, 0) is 54.2 Å². The highest BCUT2D eigenvalue weighted by atomic mass is 16.5. The number of methoxy groups -OCH3 is 1. The van der Waals surface area contributed by atoms with Crippen molar-refractivity contribution >= 4 is 16.9 Å². The van der Waals surface area contributed by atoms with E-state index in [2.05, 4.69) is 24.9 Å². The Labute approximate surface area is 147 Å². The fourth-order valence-electron chi connectivity index (χ4n) is 3.22. The summed E-state index contributed by atoms with van der Waals surface area (Å²) in [7, 11) is 1.66. The number of nitrogens with one attached hydrogen (secondary N) is 1. The molecule has 4 heteroatoms. The summed E-state index contributed by atoms with van der Waals surface area (Å²) in [5.74, 6) is 0.326. The van der Waals surface area contributed by atoms with E-state index >= 15 is 0 Å². The van der Waals surface area contributed by atoms with Gasteiger partial charge in [0.2, 0.25) is 0 Å². The summed E-state index contributed by atoms with van der Waals surface area (Å²) in [5.41, 5.74) is 4.82. The number of hydrogen-bond donors (Lipinski definition) is 2. The van der Waals surface area contributed by atoms with Crippen molar-refractivity contribution in [3.8, 4) is 5.75 Å². The van der Waals surface area contributed by atoms with Crippen molar-refractivity contribution in [1.82, 2.24) is 4.98 Å². The number of aromatic carboxylic acids is 1. The lowest BCUT2D eigenvalue weighted by molar-refractivity contribution is 0.0696. The first-order chi connectivity index (χ1) is 12.0. The zero-order valence-corrected chi connectivity index (χ0v) is 14.8. The van der Waals surface area contributed by atoms with Crippen molar-refractivity contribution in [2.24, 2.45) is 0 Å². The van der Waals surface area contributed by atoms with E-state index in [-0.39, 0.29) is 0 Å². The zero-order valence-electron chi connectivity index (χ0n) is 14.8. The molecule has 4 nitrogen and oxygen atoms in total. The van der Waals surface area contributed by atoms with E-state index in [4.69, 9.17) is 4.74 Å². The number of aromatic amines is 1. The van der Waals surface area contributed by atoms with E-state index in [0.717, 1.165) is 28.6 Å². The maximum atomic E-state index is 11.2. The number of hydrogen-bond acceptors (Lipinski definition) is 2. The minimum Gasteiger partial charge on any atom is -0.497 e. The Morgan fingerprint density at radius 1 is 1.24 bits per heavy atom. The van der Waals surface area contributed by atoms with Gasteiger partial charge >= 0.3 is 5.97 Å². The Balaban J connectivity index is 2.10. The second-order valence-corrected chi connectivity index (χ2v) is 6.42. The number of carboxylic acids is 1. The summed E-state index contributed by atoms with van der Waals surface area (Å²) < 4.78 is 5.33. The number of carboxylic acid groups (broad SMARTS) is 1. The number of rotatable bonds is 6. The monoisotopic (exact) mass is 337 g/mol. The maximum absolute atomic E-state index is 11.2. The lowest BCUT2D eigenvalue weighted by Crippen LogP contribution is -2.00. The molecule has 0 aliphatic rings. The van der Waals surface area contributed by atoms with Crippen LogP contribution in [0.4, 0.5) is 0 Å². The van der Waals surface area contributed by atoms with Gasteiger partial charge in [-0.1, -0.05) is 26.0 Å². The van der Waals surface area contributed by atoms with Gasteiger partial charge in [-0.15, -0.1) is 0 Å². The van der Waals surface area contributed by atoms with Crippen LogP contribution in [0.1, 0.15) is 53.4 Å². The molecular weight excluding hydrogens is 314 g/mol. The summed E-state index contributed by atoms with van der Waals surface area (Å²) in [6, 6.07) is 13.2. The van der Waals surface area contributed by atoms with Gasteiger partial charge in [-0.3, -0.25) is 0 Å². The zero-order chi connectivity index (χ0) is 18.0. The number of aromatic nitrogens is 1. The molecule has 0 bridgehead atoms. The van der Waals surface area contributed by atoms with Gasteiger partial charge in [0.15, 0.2) is 0 Å². The molecule has 0 aliphatic carbocycles. The molecule has 1 aromatic heterocycles. The van der Waals surface area contributed by atoms with Crippen LogP contribution in [0.3, 0.4) is 0 Å². The normalized spacial score (nSPS) is 12.3. The number of fused-ring (bicyclic) bond motifs is 1. The number of H-pyrrole nitrogens is 1. The van der Waals surface area contributed by atoms with E-state index in [1.807, 2.05) is 18.2 Å². The third-order valence-corrected chi connectivity index (χ3v) is 4.81. The second kappa shape index (κ2) is 7.01. The molecule has 130 valence electrons. The first-order valence-electron chi connectivity index (χ1n) is 8.54. The van der Waals surface area contributed by atoms with E-state index < -0.39 is 5.97 Å².